The Morgan fingerprint density at radius 3 is 2.17 bits per heavy atom. The van der Waals surface area contributed by atoms with Crippen molar-refractivity contribution >= 4 is 17.8 Å². The molecular weight excluding hydrogens is 238 g/mol. The van der Waals surface area contributed by atoms with Crippen LogP contribution >= 0.6 is 0 Å². The predicted molar refractivity (Wildman–Crippen MR) is 64.9 cm³/mol. The fourth-order valence-corrected chi connectivity index (χ4v) is 1.27. The fourth-order valence-electron chi connectivity index (χ4n) is 1.27. The molecule has 6 nitrogen and oxygen atoms in total. The van der Waals surface area contributed by atoms with Crippen LogP contribution < -0.4 is 0 Å². The maximum atomic E-state index is 11.8. The Balaban J connectivity index is 4.40. The third kappa shape index (κ3) is 4.99. The van der Waals surface area contributed by atoms with Gasteiger partial charge in [0.2, 0.25) is 5.91 Å². The first kappa shape index (κ1) is 16.1. The number of likely N-dealkylation sites (N-methyl/N-ethyl adjacent to an activating group) is 1. The summed E-state index contributed by atoms with van der Waals surface area (Å²) in [4.78, 5) is 34.8. The van der Waals surface area contributed by atoms with Gasteiger partial charge in [-0.2, -0.15) is 0 Å². The number of ether oxygens (including phenoxy) is 1. The van der Waals surface area contributed by atoms with Crippen LogP contribution in [0.15, 0.2) is 11.1 Å². The molecular formula is C12H19NO5. The molecule has 0 aromatic heterocycles. The van der Waals surface area contributed by atoms with Crippen molar-refractivity contribution in [2.75, 3.05) is 20.7 Å². The average Bonchev–Trinajstić information content (AvgIpc) is 2.35. The van der Waals surface area contributed by atoms with E-state index in [0.29, 0.717) is 13.0 Å². The van der Waals surface area contributed by atoms with Crippen molar-refractivity contribution in [3.05, 3.63) is 11.1 Å². The number of esters is 1. The maximum Gasteiger partial charge on any atom is 0.331 e. The highest BCUT2D eigenvalue weighted by atomic mass is 16.5. The van der Waals surface area contributed by atoms with Gasteiger partial charge in [-0.05, 0) is 20.3 Å². The summed E-state index contributed by atoms with van der Waals surface area (Å²) in [6.45, 7) is 3.23. The third-order valence-electron chi connectivity index (χ3n) is 2.65. The molecule has 0 aromatic carbocycles. The maximum absolute atomic E-state index is 11.8. The number of hydrogen-bond donors (Lipinski definition) is 1. The van der Waals surface area contributed by atoms with Gasteiger partial charge in [-0.25, -0.2) is 4.79 Å². The van der Waals surface area contributed by atoms with Crippen molar-refractivity contribution in [3.63, 3.8) is 0 Å². The minimum absolute atomic E-state index is 0.0276. The SMILES string of the molecule is COC(=O)CCCN(C)C(=O)/C(C)=C(/C)C(=O)O. The van der Waals surface area contributed by atoms with E-state index in [1.165, 1.54) is 25.9 Å². The summed E-state index contributed by atoms with van der Waals surface area (Å²) in [6.07, 6.45) is 0.711. The molecule has 0 fully saturated rings. The minimum atomic E-state index is -1.11. The van der Waals surface area contributed by atoms with Crippen LogP contribution in [0.2, 0.25) is 0 Å². The summed E-state index contributed by atoms with van der Waals surface area (Å²) >= 11 is 0. The molecule has 0 unspecified atom stereocenters. The van der Waals surface area contributed by atoms with Crippen LogP contribution in [-0.4, -0.2) is 48.6 Å². The lowest BCUT2D eigenvalue weighted by Crippen LogP contribution is -2.29. The molecule has 0 spiro atoms. The quantitative estimate of drug-likeness (QED) is 0.562. The van der Waals surface area contributed by atoms with Crippen molar-refractivity contribution in [1.82, 2.24) is 4.90 Å². The topological polar surface area (TPSA) is 83.9 Å². The summed E-state index contributed by atoms with van der Waals surface area (Å²) in [7, 11) is 2.87. The zero-order valence-electron chi connectivity index (χ0n) is 11.1. The minimum Gasteiger partial charge on any atom is -0.478 e. The van der Waals surface area contributed by atoms with E-state index >= 15 is 0 Å². The van der Waals surface area contributed by atoms with Crippen LogP contribution in [0.25, 0.3) is 0 Å². The van der Waals surface area contributed by atoms with Crippen molar-refractivity contribution in [1.29, 1.82) is 0 Å². The Kier molecular flexibility index (Phi) is 6.70. The van der Waals surface area contributed by atoms with E-state index in [9.17, 15) is 14.4 Å². The first-order valence-electron chi connectivity index (χ1n) is 5.54. The molecule has 0 saturated carbocycles. The first-order chi connectivity index (χ1) is 8.31. The van der Waals surface area contributed by atoms with Crippen molar-refractivity contribution in [2.45, 2.75) is 26.7 Å². The van der Waals surface area contributed by atoms with Gasteiger partial charge in [-0.3, -0.25) is 9.59 Å². The lowest BCUT2D eigenvalue weighted by atomic mass is 10.1. The Morgan fingerprint density at radius 1 is 1.17 bits per heavy atom. The Morgan fingerprint density at radius 2 is 1.72 bits per heavy atom. The molecule has 0 aliphatic heterocycles. The smallest absolute Gasteiger partial charge is 0.331 e. The molecule has 0 aliphatic rings. The second kappa shape index (κ2) is 7.47. The van der Waals surface area contributed by atoms with Gasteiger partial charge in [0, 0.05) is 31.2 Å². The molecule has 0 radical (unpaired) electrons. The van der Waals surface area contributed by atoms with Crippen LogP contribution in [-0.2, 0) is 19.1 Å². The molecule has 1 amide bonds. The molecule has 0 rings (SSSR count). The monoisotopic (exact) mass is 257 g/mol. The summed E-state index contributed by atoms with van der Waals surface area (Å²) in [5, 5.41) is 8.77. The number of aliphatic carboxylic acids is 1. The Bertz CT molecular complexity index is 373. The fraction of sp³-hybridized carbons (Fsp3) is 0.583. The lowest BCUT2D eigenvalue weighted by Gasteiger charge is -2.17. The second-order valence-electron chi connectivity index (χ2n) is 3.96. The average molecular weight is 257 g/mol. The number of carboxylic acid groups (broad SMARTS) is 1. The van der Waals surface area contributed by atoms with Gasteiger partial charge in [0.25, 0.3) is 0 Å². The zero-order valence-corrected chi connectivity index (χ0v) is 11.1. The van der Waals surface area contributed by atoms with E-state index in [1.807, 2.05) is 0 Å². The van der Waals surface area contributed by atoms with E-state index < -0.39 is 5.97 Å². The van der Waals surface area contributed by atoms with E-state index in [4.69, 9.17) is 5.11 Å². The molecule has 0 atom stereocenters. The van der Waals surface area contributed by atoms with Crippen molar-refractivity contribution in [2.24, 2.45) is 0 Å². The molecule has 0 aromatic rings. The van der Waals surface area contributed by atoms with Crippen LogP contribution in [0.3, 0.4) is 0 Å². The number of carbonyl (C=O) groups is 3. The summed E-state index contributed by atoms with van der Waals surface area (Å²) in [5.74, 6) is -1.78. The van der Waals surface area contributed by atoms with Gasteiger partial charge in [0.05, 0.1) is 7.11 Å². The molecule has 0 saturated heterocycles. The van der Waals surface area contributed by atoms with Gasteiger partial charge in [-0.15, -0.1) is 0 Å². The van der Waals surface area contributed by atoms with E-state index in [-0.39, 0.29) is 29.4 Å². The molecule has 0 bridgehead atoms. The highest BCUT2D eigenvalue weighted by Crippen LogP contribution is 2.08. The Labute approximate surface area is 106 Å². The molecule has 18 heavy (non-hydrogen) atoms. The highest BCUT2D eigenvalue weighted by Gasteiger charge is 2.16. The van der Waals surface area contributed by atoms with Gasteiger partial charge < -0.3 is 14.7 Å². The summed E-state index contributed by atoms with van der Waals surface area (Å²) in [6, 6.07) is 0. The molecule has 0 heterocycles. The number of amides is 1. The van der Waals surface area contributed by atoms with Crippen molar-refractivity contribution in [3.8, 4) is 0 Å². The number of carbonyl (C=O) groups excluding carboxylic acids is 2. The summed E-state index contributed by atoms with van der Waals surface area (Å²) in [5.41, 5.74) is 0.225. The third-order valence-corrected chi connectivity index (χ3v) is 2.65. The number of hydrogen-bond acceptors (Lipinski definition) is 4. The zero-order chi connectivity index (χ0) is 14.3. The van der Waals surface area contributed by atoms with Crippen molar-refractivity contribution < 1.29 is 24.2 Å². The highest BCUT2D eigenvalue weighted by molar-refractivity contribution is 6.01. The lowest BCUT2D eigenvalue weighted by molar-refractivity contribution is -0.141. The molecule has 0 aliphatic carbocycles. The second-order valence-corrected chi connectivity index (χ2v) is 3.96. The number of methoxy groups -OCH3 is 1. The predicted octanol–water partition coefficient (Wildman–Crippen LogP) is 0.819. The normalized spacial score (nSPS) is 11.6. The van der Waals surface area contributed by atoms with Gasteiger partial charge in [-0.1, -0.05) is 0 Å². The molecule has 6 heteroatoms. The Hall–Kier alpha value is -1.85. The van der Waals surface area contributed by atoms with Crippen LogP contribution in [0.5, 0.6) is 0 Å². The first-order valence-corrected chi connectivity index (χ1v) is 5.54. The molecule has 1 N–H and O–H groups in total. The van der Waals surface area contributed by atoms with Gasteiger partial charge in [0.15, 0.2) is 0 Å². The van der Waals surface area contributed by atoms with Crippen LogP contribution in [0.1, 0.15) is 26.7 Å². The van der Waals surface area contributed by atoms with E-state index in [2.05, 4.69) is 4.74 Å². The molecule has 102 valence electrons. The largest absolute Gasteiger partial charge is 0.478 e. The summed E-state index contributed by atoms with van der Waals surface area (Å²) < 4.78 is 4.48. The van der Waals surface area contributed by atoms with Gasteiger partial charge in [0.1, 0.15) is 0 Å². The van der Waals surface area contributed by atoms with Crippen LogP contribution in [0, 0.1) is 0 Å². The van der Waals surface area contributed by atoms with Crippen LogP contribution in [0.4, 0.5) is 0 Å². The van der Waals surface area contributed by atoms with E-state index in [1.54, 1.807) is 7.05 Å². The van der Waals surface area contributed by atoms with Gasteiger partial charge >= 0.3 is 11.9 Å². The number of carboxylic acids is 1. The standard InChI is InChI=1S/C12H19NO5/c1-8(9(2)12(16)17)11(15)13(3)7-5-6-10(14)18-4/h5-7H2,1-4H3,(H,16,17)/b9-8-. The van der Waals surface area contributed by atoms with E-state index in [0.717, 1.165) is 0 Å². The number of nitrogens with zero attached hydrogens (tertiary/aromatic N) is 1. The number of rotatable bonds is 6.